The third-order valence-corrected chi connectivity index (χ3v) is 5.40. The minimum absolute atomic E-state index is 0.285. The highest BCUT2D eigenvalue weighted by Crippen LogP contribution is 2.25. The molecule has 0 unspecified atom stereocenters. The fourth-order valence-electron chi connectivity index (χ4n) is 2.99. The monoisotopic (exact) mass is 395 g/mol. The third kappa shape index (κ3) is 3.65. The lowest BCUT2D eigenvalue weighted by molar-refractivity contribution is -0.115. The van der Waals surface area contributed by atoms with Gasteiger partial charge in [0.05, 0.1) is 17.6 Å². The normalized spacial score (nSPS) is 13.7. The lowest BCUT2D eigenvalue weighted by Crippen LogP contribution is -2.43. The summed E-state index contributed by atoms with van der Waals surface area (Å²) in [7, 11) is 0. The standard InChI is InChI=1S/C19H21N7OS/c1-2-26-11-14(10-22-26)23-16-8-15(17(19(20)27)25-24-16)21-9-13-5-3-4-12-6-7-28-18(12)13/h3-8,10-11,21,23-25H,2,9H2,1H3,(H2,20,27). The lowest BCUT2D eigenvalue weighted by Gasteiger charge is -2.23. The van der Waals surface area contributed by atoms with Gasteiger partial charge in [0.2, 0.25) is 0 Å². The minimum Gasteiger partial charge on any atom is -0.379 e. The van der Waals surface area contributed by atoms with E-state index in [1.54, 1.807) is 17.5 Å². The van der Waals surface area contributed by atoms with Crippen molar-refractivity contribution in [3.05, 3.63) is 70.9 Å². The molecule has 4 rings (SSSR count). The molecule has 1 aromatic carbocycles. The number of allylic oxidation sites excluding steroid dienone is 1. The van der Waals surface area contributed by atoms with Crippen LogP contribution in [0.5, 0.6) is 0 Å². The molecule has 0 spiro atoms. The van der Waals surface area contributed by atoms with Gasteiger partial charge in [-0.2, -0.15) is 5.10 Å². The van der Waals surface area contributed by atoms with Gasteiger partial charge < -0.3 is 16.4 Å². The van der Waals surface area contributed by atoms with Crippen molar-refractivity contribution in [2.45, 2.75) is 20.0 Å². The Labute approximate surface area is 166 Å². The predicted molar refractivity (Wildman–Crippen MR) is 111 cm³/mol. The molecule has 0 aliphatic carbocycles. The van der Waals surface area contributed by atoms with E-state index in [2.05, 4.69) is 50.2 Å². The van der Waals surface area contributed by atoms with Crippen LogP contribution >= 0.6 is 11.3 Å². The first kappa shape index (κ1) is 17.9. The molecule has 0 saturated heterocycles. The van der Waals surface area contributed by atoms with Crippen LogP contribution in [-0.4, -0.2) is 15.7 Å². The maximum atomic E-state index is 11.8. The van der Waals surface area contributed by atoms with Gasteiger partial charge >= 0.3 is 0 Å². The quantitative estimate of drug-likeness (QED) is 0.418. The average Bonchev–Trinajstić information content (AvgIpc) is 3.35. The molecule has 0 saturated carbocycles. The number of fused-ring (bicyclic) bond motifs is 1. The summed E-state index contributed by atoms with van der Waals surface area (Å²) in [5.74, 6) is 0.135. The van der Waals surface area contributed by atoms with Gasteiger partial charge in [0.1, 0.15) is 11.5 Å². The zero-order valence-corrected chi connectivity index (χ0v) is 16.1. The van der Waals surface area contributed by atoms with Crippen LogP contribution in [-0.2, 0) is 17.9 Å². The molecule has 0 atom stereocenters. The molecule has 6 N–H and O–H groups in total. The number of primary amides is 1. The number of benzene rings is 1. The topological polar surface area (TPSA) is 109 Å². The Bertz CT molecular complexity index is 1080. The molecule has 1 aliphatic rings. The maximum absolute atomic E-state index is 11.8. The Morgan fingerprint density at radius 3 is 3.00 bits per heavy atom. The zero-order valence-electron chi connectivity index (χ0n) is 15.3. The number of hydrogen-bond donors (Lipinski definition) is 5. The second-order valence-corrected chi connectivity index (χ2v) is 7.20. The number of nitrogens with zero attached hydrogens (tertiary/aromatic N) is 2. The van der Waals surface area contributed by atoms with E-state index in [1.807, 2.05) is 29.9 Å². The third-order valence-electron chi connectivity index (χ3n) is 4.39. The van der Waals surface area contributed by atoms with E-state index in [9.17, 15) is 4.79 Å². The summed E-state index contributed by atoms with van der Waals surface area (Å²) < 4.78 is 3.05. The number of nitrogens with one attached hydrogen (secondary N) is 4. The smallest absolute Gasteiger partial charge is 0.268 e. The van der Waals surface area contributed by atoms with Crippen molar-refractivity contribution in [3.8, 4) is 0 Å². The summed E-state index contributed by atoms with van der Waals surface area (Å²) in [6, 6.07) is 8.30. The number of aryl methyl sites for hydroxylation is 1. The molecule has 1 aliphatic heterocycles. The Balaban J connectivity index is 1.55. The summed E-state index contributed by atoms with van der Waals surface area (Å²) in [5, 5.41) is 14.1. The lowest BCUT2D eigenvalue weighted by atomic mass is 10.1. The number of carbonyl (C=O) groups is 1. The van der Waals surface area contributed by atoms with E-state index in [0.717, 1.165) is 17.8 Å². The molecule has 2 aromatic heterocycles. The SMILES string of the molecule is CCn1cc(NC2=CC(NCc3cccc4ccsc34)=C(C(N)=O)NN2)cn1. The Hall–Kier alpha value is -3.46. The predicted octanol–water partition coefficient (Wildman–Crippen LogP) is 1.97. The number of rotatable bonds is 7. The highest BCUT2D eigenvalue weighted by atomic mass is 32.1. The molecule has 9 heteroatoms. The molecular formula is C19H21N7OS. The van der Waals surface area contributed by atoms with Gasteiger partial charge in [-0.3, -0.25) is 20.3 Å². The molecule has 3 heterocycles. The molecule has 8 nitrogen and oxygen atoms in total. The number of hydrogen-bond acceptors (Lipinski definition) is 7. The van der Waals surface area contributed by atoms with E-state index in [-0.39, 0.29) is 5.70 Å². The summed E-state index contributed by atoms with van der Waals surface area (Å²) in [6.45, 7) is 3.39. The summed E-state index contributed by atoms with van der Waals surface area (Å²) in [5.41, 5.74) is 14.2. The van der Waals surface area contributed by atoms with Gasteiger partial charge in [-0.1, -0.05) is 18.2 Å². The Morgan fingerprint density at radius 2 is 2.21 bits per heavy atom. The second kappa shape index (κ2) is 7.65. The van der Waals surface area contributed by atoms with Crippen LogP contribution in [0, 0.1) is 0 Å². The maximum Gasteiger partial charge on any atom is 0.268 e. The van der Waals surface area contributed by atoms with Gasteiger partial charge in [0.25, 0.3) is 5.91 Å². The van der Waals surface area contributed by atoms with Crippen molar-refractivity contribution in [3.63, 3.8) is 0 Å². The van der Waals surface area contributed by atoms with E-state index in [1.165, 1.54) is 10.1 Å². The summed E-state index contributed by atoms with van der Waals surface area (Å²) >= 11 is 1.70. The number of nitrogens with two attached hydrogens (primary N) is 1. The van der Waals surface area contributed by atoms with E-state index in [4.69, 9.17) is 5.73 Å². The van der Waals surface area contributed by atoms with Gasteiger partial charge in [-0.05, 0) is 29.3 Å². The van der Waals surface area contributed by atoms with Crippen LogP contribution in [0.2, 0.25) is 0 Å². The number of aromatic nitrogens is 2. The minimum atomic E-state index is -0.543. The van der Waals surface area contributed by atoms with Crippen LogP contribution in [0.1, 0.15) is 12.5 Å². The van der Waals surface area contributed by atoms with Crippen molar-refractivity contribution < 1.29 is 4.79 Å². The fraction of sp³-hybridized carbons (Fsp3) is 0.158. The first-order valence-corrected chi connectivity index (χ1v) is 9.78. The molecule has 144 valence electrons. The average molecular weight is 395 g/mol. The number of carbonyl (C=O) groups excluding carboxylic acids is 1. The van der Waals surface area contributed by atoms with Crippen LogP contribution in [0.15, 0.2) is 65.3 Å². The largest absolute Gasteiger partial charge is 0.379 e. The van der Waals surface area contributed by atoms with Gasteiger partial charge in [-0.25, -0.2) is 0 Å². The fourth-order valence-corrected chi connectivity index (χ4v) is 3.91. The molecular weight excluding hydrogens is 374 g/mol. The van der Waals surface area contributed by atoms with Crippen molar-refractivity contribution >= 4 is 33.0 Å². The van der Waals surface area contributed by atoms with Gasteiger partial charge in [0, 0.05) is 30.1 Å². The van der Waals surface area contributed by atoms with Crippen LogP contribution in [0.25, 0.3) is 10.1 Å². The number of amides is 1. The second-order valence-electron chi connectivity index (χ2n) is 6.28. The molecule has 1 amide bonds. The van der Waals surface area contributed by atoms with E-state index in [0.29, 0.717) is 18.1 Å². The first-order valence-electron chi connectivity index (χ1n) is 8.90. The van der Waals surface area contributed by atoms with Crippen LogP contribution in [0.4, 0.5) is 5.69 Å². The molecule has 0 radical (unpaired) electrons. The number of hydrazine groups is 1. The number of thiophene rings is 1. The highest BCUT2D eigenvalue weighted by molar-refractivity contribution is 7.17. The molecule has 0 fully saturated rings. The van der Waals surface area contributed by atoms with Gasteiger partial charge in [0.15, 0.2) is 0 Å². The summed E-state index contributed by atoms with van der Waals surface area (Å²) in [6.07, 6.45) is 5.46. The van der Waals surface area contributed by atoms with E-state index < -0.39 is 5.91 Å². The first-order chi connectivity index (χ1) is 13.6. The van der Waals surface area contributed by atoms with Crippen molar-refractivity contribution in [1.29, 1.82) is 0 Å². The Kier molecular flexibility index (Phi) is 4.90. The van der Waals surface area contributed by atoms with Crippen LogP contribution < -0.4 is 27.2 Å². The van der Waals surface area contributed by atoms with Crippen molar-refractivity contribution in [2.75, 3.05) is 5.32 Å². The zero-order chi connectivity index (χ0) is 19.5. The van der Waals surface area contributed by atoms with Gasteiger partial charge in [-0.15, -0.1) is 11.3 Å². The van der Waals surface area contributed by atoms with E-state index >= 15 is 0 Å². The van der Waals surface area contributed by atoms with Crippen LogP contribution in [0.3, 0.4) is 0 Å². The highest BCUT2D eigenvalue weighted by Gasteiger charge is 2.17. The van der Waals surface area contributed by atoms with Crippen molar-refractivity contribution in [2.24, 2.45) is 5.73 Å². The van der Waals surface area contributed by atoms with Crippen molar-refractivity contribution in [1.82, 2.24) is 25.9 Å². The molecule has 3 aromatic rings. The Morgan fingerprint density at radius 1 is 1.32 bits per heavy atom. The molecule has 28 heavy (non-hydrogen) atoms. The number of anilines is 1. The molecule has 0 bridgehead atoms. The summed E-state index contributed by atoms with van der Waals surface area (Å²) in [4.78, 5) is 11.8.